The van der Waals surface area contributed by atoms with E-state index in [4.69, 9.17) is 21.9 Å². The van der Waals surface area contributed by atoms with E-state index in [1.165, 1.54) is 0 Å². The monoisotopic (exact) mass is 431 g/mol. The number of nitrogens with two attached hydrogens (primary N) is 1. The van der Waals surface area contributed by atoms with Gasteiger partial charge in [0.2, 0.25) is 23.5 Å². The van der Waals surface area contributed by atoms with E-state index >= 15 is 0 Å². The number of carbonyl (C=O) groups is 2. The molecule has 2 aliphatic heterocycles. The number of primary amides is 1. The average Bonchev–Trinajstić information content (AvgIpc) is 3.22. The molecule has 1 unspecified atom stereocenters. The van der Waals surface area contributed by atoms with Gasteiger partial charge in [-0.05, 0) is 44.4 Å². The average molecular weight is 432 g/mol. The van der Waals surface area contributed by atoms with Crippen LogP contribution in [-0.2, 0) is 16.1 Å². The number of benzene rings is 1. The Morgan fingerprint density at radius 2 is 1.90 bits per heavy atom. The Kier molecular flexibility index (Phi) is 6.34. The summed E-state index contributed by atoms with van der Waals surface area (Å²) in [6.07, 6.45) is 3.13. The first kappa shape index (κ1) is 20.8. The molecular formula is C21H26ClN5O3. The van der Waals surface area contributed by atoms with Crippen LogP contribution in [0, 0.1) is 11.8 Å². The Bertz CT molecular complexity index is 910. The molecule has 9 heteroatoms. The lowest BCUT2D eigenvalue weighted by atomic mass is 9.92. The van der Waals surface area contributed by atoms with E-state index in [9.17, 15) is 9.59 Å². The van der Waals surface area contributed by atoms with Gasteiger partial charge in [-0.3, -0.25) is 14.5 Å². The highest BCUT2D eigenvalue weighted by molar-refractivity contribution is 6.33. The van der Waals surface area contributed by atoms with Crippen LogP contribution in [0.4, 0.5) is 0 Å². The van der Waals surface area contributed by atoms with Crippen LogP contribution in [0.15, 0.2) is 28.8 Å². The van der Waals surface area contributed by atoms with Gasteiger partial charge in [-0.15, -0.1) is 0 Å². The van der Waals surface area contributed by atoms with Gasteiger partial charge >= 0.3 is 0 Å². The maximum atomic E-state index is 13.0. The van der Waals surface area contributed by atoms with Crippen molar-refractivity contribution in [3.8, 4) is 11.4 Å². The van der Waals surface area contributed by atoms with Gasteiger partial charge in [0.25, 0.3) is 0 Å². The zero-order valence-corrected chi connectivity index (χ0v) is 17.6. The number of halogens is 1. The summed E-state index contributed by atoms with van der Waals surface area (Å²) in [5.41, 5.74) is 6.13. The fourth-order valence-corrected chi connectivity index (χ4v) is 4.53. The van der Waals surface area contributed by atoms with Crippen molar-refractivity contribution in [3.05, 3.63) is 35.2 Å². The summed E-state index contributed by atoms with van der Waals surface area (Å²) in [5, 5.41) is 4.63. The molecule has 1 atom stereocenters. The summed E-state index contributed by atoms with van der Waals surface area (Å²) in [5.74, 6) is 0.737. The van der Waals surface area contributed by atoms with E-state index in [-0.39, 0.29) is 23.7 Å². The second-order valence-electron chi connectivity index (χ2n) is 8.07. The predicted molar refractivity (Wildman–Crippen MR) is 111 cm³/mol. The second kappa shape index (κ2) is 9.14. The Morgan fingerprint density at radius 1 is 1.13 bits per heavy atom. The topological polar surface area (TPSA) is 106 Å². The molecule has 2 saturated heterocycles. The minimum Gasteiger partial charge on any atom is -0.369 e. The summed E-state index contributed by atoms with van der Waals surface area (Å²) in [4.78, 5) is 32.9. The quantitative estimate of drug-likeness (QED) is 0.778. The second-order valence-corrected chi connectivity index (χ2v) is 8.47. The van der Waals surface area contributed by atoms with E-state index in [0.717, 1.165) is 24.9 Å². The van der Waals surface area contributed by atoms with Crippen molar-refractivity contribution < 1.29 is 14.1 Å². The first-order valence-corrected chi connectivity index (χ1v) is 10.8. The molecule has 1 aromatic carbocycles. The third-order valence-electron chi connectivity index (χ3n) is 6.01. The molecular weight excluding hydrogens is 406 g/mol. The molecule has 2 aromatic rings. The van der Waals surface area contributed by atoms with Crippen molar-refractivity contribution in [2.24, 2.45) is 17.6 Å². The molecule has 0 aliphatic carbocycles. The maximum absolute atomic E-state index is 13.0. The highest BCUT2D eigenvalue weighted by Gasteiger charge is 2.33. The molecule has 0 spiro atoms. The van der Waals surface area contributed by atoms with E-state index in [1.54, 1.807) is 6.07 Å². The molecule has 2 amide bonds. The van der Waals surface area contributed by atoms with Crippen LogP contribution < -0.4 is 5.73 Å². The van der Waals surface area contributed by atoms with Gasteiger partial charge in [-0.2, -0.15) is 4.98 Å². The number of piperidine rings is 2. The highest BCUT2D eigenvalue weighted by Crippen LogP contribution is 2.27. The number of aromatic nitrogens is 2. The lowest BCUT2D eigenvalue weighted by molar-refractivity contribution is -0.140. The Hall–Kier alpha value is -2.45. The molecule has 30 heavy (non-hydrogen) atoms. The molecule has 1 aromatic heterocycles. The van der Waals surface area contributed by atoms with Crippen molar-refractivity contribution in [1.82, 2.24) is 19.9 Å². The third-order valence-corrected chi connectivity index (χ3v) is 6.34. The predicted octanol–water partition coefficient (Wildman–Crippen LogP) is 2.33. The lowest BCUT2D eigenvalue weighted by Gasteiger charge is -2.37. The number of carbonyl (C=O) groups excluding carboxylic acids is 2. The number of amides is 2. The van der Waals surface area contributed by atoms with Crippen LogP contribution in [0.3, 0.4) is 0 Å². The Labute approximate surface area is 180 Å². The van der Waals surface area contributed by atoms with Gasteiger partial charge in [-0.1, -0.05) is 28.9 Å². The SMILES string of the molecule is NC(=O)C1CCN(C(=O)C2CCCN(Cc3nc(-c4ccccc4Cl)no3)C2)CC1. The molecule has 0 bridgehead atoms. The van der Waals surface area contributed by atoms with E-state index < -0.39 is 0 Å². The fraction of sp³-hybridized carbons (Fsp3) is 0.524. The standard InChI is InChI=1S/C21H26ClN5O3/c22-17-6-2-1-5-16(17)20-24-18(30-25-20)13-26-9-3-4-15(12-26)21(29)27-10-7-14(8-11-27)19(23)28/h1-2,5-6,14-15H,3-4,7-13H2,(H2,23,28). The van der Waals surface area contributed by atoms with E-state index in [2.05, 4.69) is 15.0 Å². The molecule has 2 aliphatic rings. The van der Waals surface area contributed by atoms with Crippen LogP contribution in [0.1, 0.15) is 31.6 Å². The van der Waals surface area contributed by atoms with Gasteiger partial charge in [0.15, 0.2) is 0 Å². The first-order valence-electron chi connectivity index (χ1n) is 10.4. The molecule has 8 nitrogen and oxygen atoms in total. The summed E-state index contributed by atoms with van der Waals surface area (Å²) < 4.78 is 5.42. The van der Waals surface area contributed by atoms with Gasteiger partial charge in [0.1, 0.15) is 0 Å². The van der Waals surface area contributed by atoms with Crippen LogP contribution >= 0.6 is 11.6 Å². The molecule has 160 valence electrons. The van der Waals surface area contributed by atoms with Crippen molar-refractivity contribution in [2.75, 3.05) is 26.2 Å². The summed E-state index contributed by atoms with van der Waals surface area (Å²) >= 11 is 6.21. The van der Waals surface area contributed by atoms with Crippen molar-refractivity contribution in [3.63, 3.8) is 0 Å². The maximum Gasteiger partial charge on any atom is 0.241 e. The largest absolute Gasteiger partial charge is 0.369 e. The number of nitrogens with zero attached hydrogens (tertiary/aromatic N) is 4. The minimum absolute atomic E-state index is 0.0464. The van der Waals surface area contributed by atoms with Crippen LogP contribution in [0.2, 0.25) is 5.02 Å². The number of hydrogen-bond acceptors (Lipinski definition) is 6. The lowest BCUT2D eigenvalue weighted by Crippen LogP contribution is -2.48. The van der Waals surface area contributed by atoms with Gasteiger partial charge in [-0.25, -0.2) is 0 Å². The van der Waals surface area contributed by atoms with Crippen molar-refractivity contribution >= 4 is 23.4 Å². The van der Waals surface area contributed by atoms with Gasteiger partial charge < -0.3 is 15.2 Å². The molecule has 2 N–H and O–H groups in total. The fourth-order valence-electron chi connectivity index (χ4n) is 4.31. The van der Waals surface area contributed by atoms with E-state index in [1.807, 2.05) is 23.1 Å². The normalized spacial score (nSPS) is 21.0. The summed E-state index contributed by atoms with van der Waals surface area (Å²) in [6, 6.07) is 7.38. The molecule has 0 radical (unpaired) electrons. The number of hydrogen-bond donors (Lipinski definition) is 1. The molecule has 4 rings (SSSR count). The Morgan fingerprint density at radius 3 is 2.63 bits per heavy atom. The van der Waals surface area contributed by atoms with Crippen molar-refractivity contribution in [1.29, 1.82) is 0 Å². The zero-order chi connectivity index (χ0) is 21.1. The molecule has 3 heterocycles. The molecule has 0 saturated carbocycles. The van der Waals surface area contributed by atoms with Crippen LogP contribution in [0.5, 0.6) is 0 Å². The van der Waals surface area contributed by atoms with Crippen LogP contribution in [0.25, 0.3) is 11.4 Å². The van der Waals surface area contributed by atoms with Gasteiger partial charge in [0.05, 0.1) is 17.5 Å². The Balaban J connectivity index is 1.34. The van der Waals surface area contributed by atoms with Crippen LogP contribution in [-0.4, -0.2) is 57.9 Å². The third kappa shape index (κ3) is 4.65. The van der Waals surface area contributed by atoms with Crippen molar-refractivity contribution in [2.45, 2.75) is 32.2 Å². The zero-order valence-electron chi connectivity index (χ0n) is 16.8. The summed E-state index contributed by atoms with van der Waals surface area (Å²) in [6.45, 7) is 3.27. The van der Waals surface area contributed by atoms with E-state index in [0.29, 0.717) is 55.8 Å². The van der Waals surface area contributed by atoms with Gasteiger partial charge in [0, 0.05) is 31.1 Å². The highest BCUT2D eigenvalue weighted by atomic mass is 35.5. The molecule has 2 fully saturated rings. The summed E-state index contributed by atoms with van der Waals surface area (Å²) in [7, 11) is 0. The number of likely N-dealkylation sites (tertiary alicyclic amines) is 2. The first-order chi connectivity index (χ1) is 14.5. The number of rotatable bonds is 5. The smallest absolute Gasteiger partial charge is 0.241 e. The minimum atomic E-state index is -0.262.